The van der Waals surface area contributed by atoms with Gasteiger partial charge in [-0.25, -0.2) is 0 Å². The Morgan fingerprint density at radius 3 is 2.40 bits per heavy atom. The van der Waals surface area contributed by atoms with Crippen molar-refractivity contribution in [1.29, 1.82) is 0 Å². The predicted molar refractivity (Wildman–Crippen MR) is 127 cm³/mol. The zero-order chi connectivity index (χ0) is 24.4. The van der Waals surface area contributed by atoms with Gasteiger partial charge in [-0.1, -0.05) is 12.1 Å². The van der Waals surface area contributed by atoms with Crippen LogP contribution >= 0.6 is 0 Å². The van der Waals surface area contributed by atoms with Crippen LogP contribution < -0.4 is 14.2 Å². The Morgan fingerprint density at radius 1 is 0.971 bits per heavy atom. The topological polar surface area (TPSA) is 97.8 Å². The zero-order valence-corrected chi connectivity index (χ0v) is 19.6. The van der Waals surface area contributed by atoms with Crippen molar-refractivity contribution < 1.29 is 33.6 Å². The highest BCUT2D eigenvalue weighted by Gasteiger charge is 2.46. The third-order valence-electron chi connectivity index (χ3n) is 6.55. The van der Waals surface area contributed by atoms with Crippen LogP contribution in [0.1, 0.15) is 17.2 Å². The smallest absolute Gasteiger partial charge is 0.295 e. The first-order valence-corrected chi connectivity index (χ1v) is 11.7. The molecule has 2 saturated heterocycles. The van der Waals surface area contributed by atoms with Crippen LogP contribution in [0.4, 0.5) is 0 Å². The maximum atomic E-state index is 13.3. The molecule has 0 bridgehead atoms. The fourth-order valence-electron chi connectivity index (χ4n) is 4.66. The Hall–Kier alpha value is -3.56. The van der Waals surface area contributed by atoms with Crippen molar-refractivity contribution in [2.45, 2.75) is 6.04 Å². The number of aliphatic hydroxyl groups excluding tert-OH is 1. The molecule has 35 heavy (non-hydrogen) atoms. The van der Waals surface area contributed by atoms with Crippen molar-refractivity contribution in [2.75, 3.05) is 59.7 Å². The van der Waals surface area contributed by atoms with Gasteiger partial charge in [0.2, 0.25) is 0 Å². The van der Waals surface area contributed by atoms with E-state index in [1.807, 2.05) is 12.1 Å². The molecule has 2 aromatic carbocycles. The Morgan fingerprint density at radius 2 is 1.69 bits per heavy atom. The molecule has 0 unspecified atom stereocenters. The summed E-state index contributed by atoms with van der Waals surface area (Å²) in [5.41, 5.74) is 1.16. The van der Waals surface area contributed by atoms with E-state index in [-0.39, 0.29) is 11.3 Å². The van der Waals surface area contributed by atoms with Gasteiger partial charge in [0.1, 0.15) is 24.7 Å². The van der Waals surface area contributed by atoms with Crippen molar-refractivity contribution in [3.8, 4) is 17.2 Å². The number of fused-ring (bicyclic) bond motifs is 1. The molecule has 9 nitrogen and oxygen atoms in total. The van der Waals surface area contributed by atoms with Crippen molar-refractivity contribution in [3.05, 3.63) is 59.2 Å². The summed E-state index contributed by atoms with van der Waals surface area (Å²) in [6, 6.07) is 11.5. The molecule has 3 heterocycles. The second-order valence-corrected chi connectivity index (χ2v) is 8.58. The minimum absolute atomic E-state index is 0.0545. The van der Waals surface area contributed by atoms with Crippen LogP contribution in [0.2, 0.25) is 0 Å². The number of Topliss-reactive ketones (excluding diaryl/α,β-unsaturated/α-hetero) is 1. The lowest BCUT2D eigenvalue weighted by Gasteiger charge is -2.31. The van der Waals surface area contributed by atoms with Gasteiger partial charge in [0.25, 0.3) is 11.7 Å². The molecule has 5 rings (SSSR count). The van der Waals surface area contributed by atoms with E-state index in [9.17, 15) is 14.7 Å². The summed E-state index contributed by atoms with van der Waals surface area (Å²) in [4.78, 5) is 30.2. The molecule has 3 aliphatic rings. The standard InChI is InChI=1S/C26H28N2O7/c1-32-19-5-2-17(3-6-19)23-22(24(29)18-4-7-20-21(16-18)35-15-14-34-20)25(30)26(31)28(23)9-8-27-10-12-33-13-11-27/h2-7,16,23,29H,8-15H2,1H3/t23-/m0/s1. The predicted octanol–water partition coefficient (Wildman–Crippen LogP) is 2.22. The van der Waals surface area contributed by atoms with Gasteiger partial charge in [0, 0.05) is 31.7 Å². The van der Waals surface area contributed by atoms with Crippen LogP contribution in [0.25, 0.3) is 5.76 Å². The van der Waals surface area contributed by atoms with Gasteiger partial charge in [-0.3, -0.25) is 14.5 Å². The van der Waals surface area contributed by atoms with E-state index in [0.717, 1.165) is 13.1 Å². The number of morpholine rings is 1. The van der Waals surface area contributed by atoms with Crippen LogP contribution in [-0.2, 0) is 14.3 Å². The first-order chi connectivity index (χ1) is 17.1. The molecule has 0 spiro atoms. The first-order valence-electron chi connectivity index (χ1n) is 11.7. The fraction of sp³-hybridized carbons (Fsp3) is 0.385. The van der Waals surface area contributed by atoms with E-state index in [2.05, 4.69) is 4.90 Å². The minimum Gasteiger partial charge on any atom is -0.507 e. The van der Waals surface area contributed by atoms with Gasteiger partial charge in [0.05, 0.1) is 31.9 Å². The lowest BCUT2D eigenvalue weighted by molar-refractivity contribution is -0.140. The van der Waals surface area contributed by atoms with Crippen LogP contribution in [0.15, 0.2) is 48.0 Å². The lowest BCUT2D eigenvalue weighted by atomic mass is 9.95. The van der Waals surface area contributed by atoms with E-state index >= 15 is 0 Å². The van der Waals surface area contributed by atoms with Crippen molar-refractivity contribution in [2.24, 2.45) is 0 Å². The SMILES string of the molecule is COc1ccc([C@H]2C(=C(O)c3ccc4c(c3)OCCO4)C(=O)C(=O)N2CCN2CCOCC2)cc1. The zero-order valence-electron chi connectivity index (χ0n) is 19.6. The summed E-state index contributed by atoms with van der Waals surface area (Å²) in [5, 5.41) is 11.3. The van der Waals surface area contributed by atoms with Crippen LogP contribution in [0, 0.1) is 0 Å². The number of ether oxygens (including phenoxy) is 4. The molecule has 0 radical (unpaired) electrons. The molecule has 3 aliphatic heterocycles. The highest BCUT2D eigenvalue weighted by Crippen LogP contribution is 2.41. The number of likely N-dealkylation sites (tertiary alicyclic amines) is 1. The number of rotatable bonds is 6. The molecule has 2 aromatic rings. The number of benzene rings is 2. The molecule has 0 saturated carbocycles. The number of carbonyl (C=O) groups is 2. The number of carbonyl (C=O) groups excluding carboxylic acids is 2. The average Bonchev–Trinajstić information content (AvgIpc) is 3.16. The number of nitrogens with zero attached hydrogens (tertiary/aromatic N) is 2. The van der Waals surface area contributed by atoms with Gasteiger partial charge < -0.3 is 29.0 Å². The van der Waals surface area contributed by atoms with E-state index in [1.54, 1.807) is 42.3 Å². The molecule has 1 atom stereocenters. The monoisotopic (exact) mass is 480 g/mol. The number of ketones is 1. The molecule has 1 N–H and O–H groups in total. The summed E-state index contributed by atoms with van der Waals surface area (Å²) in [6.45, 7) is 4.63. The normalized spacial score (nSPS) is 21.9. The number of aliphatic hydroxyl groups is 1. The third-order valence-corrected chi connectivity index (χ3v) is 6.55. The van der Waals surface area contributed by atoms with Crippen LogP contribution in [0.3, 0.4) is 0 Å². The van der Waals surface area contributed by atoms with Crippen LogP contribution in [-0.4, -0.2) is 86.3 Å². The largest absolute Gasteiger partial charge is 0.507 e. The number of hydrogen-bond acceptors (Lipinski definition) is 8. The maximum absolute atomic E-state index is 13.3. The number of methoxy groups -OCH3 is 1. The second-order valence-electron chi connectivity index (χ2n) is 8.58. The van der Waals surface area contributed by atoms with Gasteiger partial charge in [-0.05, 0) is 35.9 Å². The van der Waals surface area contributed by atoms with E-state index in [4.69, 9.17) is 18.9 Å². The Kier molecular flexibility index (Phi) is 6.61. The van der Waals surface area contributed by atoms with Crippen LogP contribution in [0.5, 0.6) is 17.2 Å². The van der Waals surface area contributed by atoms with E-state index in [0.29, 0.717) is 67.9 Å². The van der Waals surface area contributed by atoms with Crippen molar-refractivity contribution in [3.63, 3.8) is 0 Å². The molecular weight excluding hydrogens is 452 g/mol. The lowest BCUT2D eigenvalue weighted by Crippen LogP contribution is -2.42. The molecule has 1 amide bonds. The van der Waals surface area contributed by atoms with E-state index in [1.165, 1.54) is 0 Å². The average molecular weight is 481 g/mol. The Bertz CT molecular complexity index is 1140. The molecule has 184 valence electrons. The van der Waals surface area contributed by atoms with Gasteiger partial charge in [0.15, 0.2) is 11.5 Å². The van der Waals surface area contributed by atoms with Gasteiger partial charge >= 0.3 is 0 Å². The minimum atomic E-state index is -0.727. The molecular formula is C26H28N2O7. The summed E-state index contributed by atoms with van der Waals surface area (Å²) >= 11 is 0. The Labute approximate surface area is 203 Å². The molecule has 0 aliphatic carbocycles. The summed E-state index contributed by atoms with van der Waals surface area (Å²) in [6.07, 6.45) is 0. The number of hydrogen-bond donors (Lipinski definition) is 1. The fourth-order valence-corrected chi connectivity index (χ4v) is 4.66. The van der Waals surface area contributed by atoms with Crippen molar-refractivity contribution in [1.82, 2.24) is 9.80 Å². The first kappa shape index (κ1) is 23.2. The molecule has 9 heteroatoms. The highest BCUT2D eigenvalue weighted by atomic mass is 16.6. The summed E-state index contributed by atoms with van der Waals surface area (Å²) in [7, 11) is 1.57. The van der Waals surface area contributed by atoms with Gasteiger partial charge in [-0.15, -0.1) is 0 Å². The third kappa shape index (κ3) is 4.56. The molecule has 2 fully saturated rings. The number of amides is 1. The summed E-state index contributed by atoms with van der Waals surface area (Å²) < 4.78 is 21.9. The Balaban J connectivity index is 1.53. The quantitative estimate of drug-likeness (QED) is 0.382. The maximum Gasteiger partial charge on any atom is 0.295 e. The second kappa shape index (κ2) is 9.97. The van der Waals surface area contributed by atoms with Crippen molar-refractivity contribution >= 4 is 17.4 Å². The van der Waals surface area contributed by atoms with E-state index < -0.39 is 17.7 Å². The molecule has 0 aromatic heterocycles. The van der Waals surface area contributed by atoms with Gasteiger partial charge in [-0.2, -0.15) is 0 Å². The summed E-state index contributed by atoms with van der Waals surface area (Å²) in [5.74, 6) is 0.146. The highest BCUT2D eigenvalue weighted by molar-refractivity contribution is 6.46.